The van der Waals surface area contributed by atoms with Crippen molar-refractivity contribution in [3.8, 4) is 17.1 Å². The third-order valence-corrected chi connectivity index (χ3v) is 6.52. The molecule has 3 N–H and O–H groups in total. The number of pyridine rings is 1. The fourth-order valence-corrected chi connectivity index (χ4v) is 4.43. The van der Waals surface area contributed by atoms with Crippen LogP contribution in [0.5, 0.6) is 5.88 Å². The minimum atomic E-state index is -5.08. The van der Waals surface area contributed by atoms with Gasteiger partial charge in [0.2, 0.25) is 11.8 Å². The van der Waals surface area contributed by atoms with Crippen molar-refractivity contribution in [2.24, 2.45) is 0 Å². The number of hydrogen-bond acceptors (Lipinski definition) is 8. The Morgan fingerprint density at radius 2 is 1.75 bits per heavy atom. The van der Waals surface area contributed by atoms with E-state index in [9.17, 15) is 13.2 Å². The van der Waals surface area contributed by atoms with E-state index in [1.165, 1.54) is 5.56 Å². The van der Waals surface area contributed by atoms with Crippen LogP contribution in [0, 0.1) is 0 Å². The molecule has 0 radical (unpaired) electrons. The first-order valence-electron chi connectivity index (χ1n) is 12.5. The maximum atomic E-state index is 10.6. The first-order valence-corrected chi connectivity index (χ1v) is 12.5. The molecule has 5 rings (SSSR count). The topological polar surface area (TPSA) is 125 Å². The number of aromatic nitrogens is 4. The van der Waals surface area contributed by atoms with E-state index in [-0.39, 0.29) is 6.61 Å². The molecule has 1 fully saturated rings. The number of benzene rings is 1. The monoisotopic (exact) mass is 558 g/mol. The summed E-state index contributed by atoms with van der Waals surface area (Å²) in [5, 5.41) is 24.3. The molecule has 13 heteroatoms. The molecule has 0 amide bonds. The number of methoxy groups -OCH3 is 1. The standard InChI is InChI=1S/C25H28N6O2.C2HF3O2/c1-33-24-9-4-20(16-26-24)23-8-7-22-17-27-25(29-31(22)23)28-21-5-2-18(3-6-21)19-10-12-30(13-11-19)14-15-32;3-2(4,5)1(6)7/h2-9,16-17,19,32H,10-15H2,1H3,(H,28,29);(H,6,7). The van der Waals surface area contributed by atoms with Crippen LogP contribution >= 0.6 is 0 Å². The SMILES string of the molecule is COc1ccc(-c2ccc3cnc(Nc4ccc(C5CCN(CCO)CC5)cc4)nn23)cn1.O=C(O)C(F)(F)F. The van der Waals surface area contributed by atoms with E-state index >= 15 is 0 Å². The molecule has 1 aliphatic heterocycles. The van der Waals surface area contributed by atoms with Gasteiger partial charge in [-0.05, 0) is 67.7 Å². The van der Waals surface area contributed by atoms with Gasteiger partial charge in [-0.1, -0.05) is 12.1 Å². The number of hydrogen-bond donors (Lipinski definition) is 3. The number of ether oxygens (including phenoxy) is 1. The van der Waals surface area contributed by atoms with Crippen LogP contribution in [0.1, 0.15) is 24.3 Å². The number of alkyl halides is 3. The van der Waals surface area contributed by atoms with Crippen LogP contribution in [-0.2, 0) is 4.79 Å². The van der Waals surface area contributed by atoms with E-state index in [1.807, 2.05) is 35.0 Å². The molecule has 0 bridgehead atoms. The maximum absolute atomic E-state index is 10.6. The summed E-state index contributed by atoms with van der Waals surface area (Å²) in [6.45, 7) is 3.10. The minimum absolute atomic E-state index is 0.236. The zero-order valence-electron chi connectivity index (χ0n) is 21.7. The molecule has 1 aliphatic rings. The molecule has 0 atom stereocenters. The zero-order valence-corrected chi connectivity index (χ0v) is 21.7. The van der Waals surface area contributed by atoms with Crippen LogP contribution in [0.25, 0.3) is 16.8 Å². The Kier molecular flexibility index (Phi) is 9.17. The van der Waals surface area contributed by atoms with Crippen molar-refractivity contribution in [1.82, 2.24) is 24.5 Å². The van der Waals surface area contributed by atoms with Crippen LogP contribution in [0.3, 0.4) is 0 Å². The number of anilines is 2. The summed E-state index contributed by atoms with van der Waals surface area (Å²) in [7, 11) is 1.61. The maximum Gasteiger partial charge on any atom is 0.490 e. The Bertz CT molecular complexity index is 1400. The Morgan fingerprint density at radius 1 is 1.05 bits per heavy atom. The molecule has 212 valence electrons. The first kappa shape index (κ1) is 28.8. The zero-order chi connectivity index (χ0) is 28.7. The predicted molar refractivity (Wildman–Crippen MR) is 142 cm³/mol. The lowest BCUT2D eigenvalue weighted by Gasteiger charge is -2.31. The third kappa shape index (κ3) is 7.24. The van der Waals surface area contributed by atoms with E-state index < -0.39 is 12.1 Å². The fourth-order valence-electron chi connectivity index (χ4n) is 4.43. The number of β-amino-alcohol motifs (C(OH)–C–C–N with tert-alkyl or cyclic N) is 1. The quantitative estimate of drug-likeness (QED) is 0.304. The van der Waals surface area contributed by atoms with Gasteiger partial charge in [-0.2, -0.15) is 13.2 Å². The van der Waals surface area contributed by atoms with Crippen LogP contribution in [0.4, 0.5) is 24.8 Å². The number of piperidine rings is 1. The van der Waals surface area contributed by atoms with Crippen LogP contribution in [-0.4, -0.2) is 80.2 Å². The fraction of sp³-hybridized carbons (Fsp3) is 0.333. The Morgan fingerprint density at radius 3 is 2.33 bits per heavy atom. The highest BCUT2D eigenvalue weighted by molar-refractivity contribution is 5.73. The highest BCUT2D eigenvalue weighted by atomic mass is 19.4. The first-order chi connectivity index (χ1) is 19.2. The number of carbonyl (C=O) groups is 1. The number of carboxylic acids is 1. The molecule has 10 nitrogen and oxygen atoms in total. The Labute approximate surface area is 228 Å². The van der Waals surface area contributed by atoms with Gasteiger partial charge in [0, 0.05) is 30.1 Å². The van der Waals surface area contributed by atoms with Gasteiger partial charge in [0.15, 0.2) is 0 Å². The third-order valence-electron chi connectivity index (χ3n) is 6.52. The number of carboxylic acid groups (broad SMARTS) is 1. The summed E-state index contributed by atoms with van der Waals surface area (Å²) in [6, 6.07) is 16.4. The summed E-state index contributed by atoms with van der Waals surface area (Å²) < 4.78 is 38.8. The van der Waals surface area contributed by atoms with Gasteiger partial charge in [-0.25, -0.2) is 19.3 Å². The molecule has 1 aromatic carbocycles. The molecule has 0 saturated carbocycles. The summed E-state index contributed by atoms with van der Waals surface area (Å²) in [5.41, 5.74) is 5.12. The molecular formula is C27H29F3N6O4. The van der Waals surface area contributed by atoms with Gasteiger partial charge < -0.3 is 25.2 Å². The molecule has 0 aliphatic carbocycles. The van der Waals surface area contributed by atoms with E-state index in [0.717, 1.165) is 54.9 Å². The number of aliphatic hydroxyl groups excluding tert-OH is 1. The van der Waals surface area contributed by atoms with Gasteiger partial charge >= 0.3 is 12.1 Å². The molecule has 0 spiro atoms. The normalized spacial score (nSPS) is 14.4. The number of halogens is 3. The average Bonchev–Trinajstić information content (AvgIpc) is 3.37. The molecule has 40 heavy (non-hydrogen) atoms. The smallest absolute Gasteiger partial charge is 0.481 e. The minimum Gasteiger partial charge on any atom is -0.481 e. The Balaban J connectivity index is 0.000000470. The largest absolute Gasteiger partial charge is 0.490 e. The van der Waals surface area contributed by atoms with E-state index in [2.05, 4.69) is 44.5 Å². The highest BCUT2D eigenvalue weighted by Crippen LogP contribution is 2.29. The summed E-state index contributed by atoms with van der Waals surface area (Å²) in [6.07, 6.45) is 0.763. The van der Waals surface area contributed by atoms with E-state index in [1.54, 1.807) is 13.3 Å². The lowest BCUT2D eigenvalue weighted by molar-refractivity contribution is -0.192. The highest BCUT2D eigenvalue weighted by Gasteiger charge is 2.38. The number of rotatable bonds is 7. The van der Waals surface area contributed by atoms with Crippen LogP contribution in [0.2, 0.25) is 0 Å². The van der Waals surface area contributed by atoms with Gasteiger partial charge in [0.25, 0.3) is 0 Å². The van der Waals surface area contributed by atoms with E-state index in [4.69, 9.17) is 24.8 Å². The van der Waals surface area contributed by atoms with Gasteiger partial charge in [-0.3, -0.25) is 0 Å². The molecule has 4 heterocycles. The molecular weight excluding hydrogens is 529 g/mol. The predicted octanol–water partition coefficient (Wildman–Crippen LogP) is 4.35. The second kappa shape index (κ2) is 12.7. The number of fused-ring (bicyclic) bond motifs is 1. The van der Waals surface area contributed by atoms with Crippen molar-refractivity contribution in [3.05, 3.63) is 66.5 Å². The number of aliphatic hydroxyl groups is 1. The second-order valence-corrected chi connectivity index (χ2v) is 9.12. The number of nitrogens with one attached hydrogen (secondary N) is 1. The molecule has 1 saturated heterocycles. The van der Waals surface area contributed by atoms with Crippen LogP contribution < -0.4 is 10.1 Å². The van der Waals surface area contributed by atoms with Crippen molar-refractivity contribution < 1.29 is 32.9 Å². The lowest BCUT2D eigenvalue weighted by Crippen LogP contribution is -2.34. The summed E-state index contributed by atoms with van der Waals surface area (Å²) in [5.74, 6) is -1.07. The molecule has 4 aromatic rings. The van der Waals surface area contributed by atoms with Crippen molar-refractivity contribution in [2.75, 3.05) is 38.7 Å². The van der Waals surface area contributed by atoms with E-state index in [0.29, 0.717) is 17.7 Å². The lowest BCUT2D eigenvalue weighted by atomic mass is 9.89. The number of aliphatic carboxylic acids is 1. The van der Waals surface area contributed by atoms with Crippen molar-refractivity contribution in [1.29, 1.82) is 0 Å². The summed E-state index contributed by atoms with van der Waals surface area (Å²) >= 11 is 0. The van der Waals surface area contributed by atoms with Crippen LogP contribution in [0.15, 0.2) is 60.9 Å². The second-order valence-electron chi connectivity index (χ2n) is 9.12. The van der Waals surface area contributed by atoms with Crippen molar-refractivity contribution in [3.63, 3.8) is 0 Å². The Hall–Kier alpha value is -4.23. The number of nitrogens with zero attached hydrogens (tertiary/aromatic N) is 5. The molecule has 0 unspecified atom stereocenters. The van der Waals surface area contributed by atoms with Gasteiger partial charge in [0.1, 0.15) is 0 Å². The van der Waals surface area contributed by atoms with Gasteiger partial charge in [-0.15, -0.1) is 5.10 Å². The molecule has 3 aromatic heterocycles. The van der Waals surface area contributed by atoms with Crippen molar-refractivity contribution >= 4 is 23.1 Å². The summed E-state index contributed by atoms with van der Waals surface area (Å²) in [4.78, 5) is 20.0. The number of likely N-dealkylation sites (tertiary alicyclic amines) is 1. The van der Waals surface area contributed by atoms with Gasteiger partial charge in [0.05, 0.1) is 31.1 Å². The van der Waals surface area contributed by atoms with Crippen molar-refractivity contribution in [2.45, 2.75) is 24.9 Å². The average molecular weight is 559 g/mol.